The fourth-order valence-electron chi connectivity index (χ4n) is 1.70. The highest BCUT2D eigenvalue weighted by Gasteiger charge is 2.36. The number of pyridine rings is 1. The minimum Gasteiger partial charge on any atom is -0.495 e. The Kier molecular flexibility index (Phi) is 6.24. The SMILES string of the molecule is CCOC(=O)C(C(=O)OCC)c1ncc([N+](=O)[O-])cc1OC. The predicted octanol–water partition coefficient (Wildman–Crippen LogP) is 1.21. The number of nitrogens with zero attached hydrogens (tertiary/aromatic N) is 2. The van der Waals surface area contributed by atoms with Crippen molar-refractivity contribution >= 4 is 17.6 Å². The lowest BCUT2D eigenvalue weighted by molar-refractivity contribution is -0.385. The molecule has 120 valence electrons. The molecule has 0 atom stereocenters. The molecule has 22 heavy (non-hydrogen) atoms. The number of aromatic nitrogens is 1. The molecule has 1 aromatic heterocycles. The van der Waals surface area contributed by atoms with Crippen LogP contribution in [-0.2, 0) is 19.1 Å². The molecule has 1 heterocycles. The van der Waals surface area contributed by atoms with Gasteiger partial charge in [0.15, 0.2) is 5.92 Å². The van der Waals surface area contributed by atoms with Gasteiger partial charge in [0.2, 0.25) is 0 Å². The number of carbonyl (C=O) groups excluding carboxylic acids is 2. The van der Waals surface area contributed by atoms with Gasteiger partial charge < -0.3 is 14.2 Å². The van der Waals surface area contributed by atoms with E-state index in [0.717, 1.165) is 12.3 Å². The molecule has 1 aromatic rings. The van der Waals surface area contributed by atoms with Crippen molar-refractivity contribution in [1.82, 2.24) is 4.98 Å². The second kappa shape index (κ2) is 7.91. The van der Waals surface area contributed by atoms with Crippen LogP contribution in [0, 0.1) is 10.1 Å². The molecule has 0 radical (unpaired) electrons. The number of nitro groups is 1. The van der Waals surface area contributed by atoms with Crippen molar-refractivity contribution in [3.8, 4) is 5.75 Å². The maximum absolute atomic E-state index is 12.0. The molecule has 0 saturated carbocycles. The predicted molar refractivity (Wildman–Crippen MR) is 73.5 cm³/mol. The Hall–Kier alpha value is -2.71. The first-order valence-electron chi connectivity index (χ1n) is 6.47. The highest BCUT2D eigenvalue weighted by atomic mass is 16.6. The molecule has 1 rings (SSSR count). The Labute approximate surface area is 126 Å². The summed E-state index contributed by atoms with van der Waals surface area (Å²) in [5.74, 6) is -3.25. The van der Waals surface area contributed by atoms with Crippen molar-refractivity contribution in [2.75, 3.05) is 20.3 Å². The lowest BCUT2D eigenvalue weighted by Gasteiger charge is -2.16. The Morgan fingerprint density at radius 3 is 2.23 bits per heavy atom. The number of hydrogen-bond acceptors (Lipinski definition) is 8. The first-order valence-corrected chi connectivity index (χ1v) is 6.47. The summed E-state index contributed by atoms with van der Waals surface area (Å²) in [5.41, 5.74) is -0.419. The van der Waals surface area contributed by atoms with Crippen molar-refractivity contribution in [2.45, 2.75) is 19.8 Å². The second-order valence-electron chi connectivity index (χ2n) is 3.98. The summed E-state index contributed by atoms with van der Waals surface area (Å²) in [6.07, 6.45) is 0.934. The van der Waals surface area contributed by atoms with Crippen molar-refractivity contribution < 1.29 is 28.7 Å². The second-order valence-corrected chi connectivity index (χ2v) is 3.98. The summed E-state index contributed by atoms with van der Waals surface area (Å²) < 4.78 is 14.7. The van der Waals surface area contributed by atoms with Gasteiger partial charge in [-0.2, -0.15) is 0 Å². The van der Waals surface area contributed by atoms with Crippen LogP contribution in [0.5, 0.6) is 5.75 Å². The van der Waals surface area contributed by atoms with E-state index in [-0.39, 0.29) is 30.3 Å². The van der Waals surface area contributed by atoms with Crippen LogP contribution in [0.3, 0.4) is 0 Å². The third-order valence-electron chi connectivity index (χ3n) is 2.62. The standard InChI is InChI=1S/C13H16N2O7/c1-4-21-12(16)10(13(17)22-5-2)11-9(20-3)6-8(7-14-11)15(18)19/h6-7,10H,4-5H2,1-3H3. The number of carbonyl (C=O) groups is 2. The molecular formula is C13H16N2O7. The number of hydrogen-bond donors (Lipinski definition) is 0. The van der Waals surface area contributed by atoms with Crippen molar-refractivity contribution in [3.63, 3.8) is 0 Å². The average Bonchev–Trinajstić information content (AvgIpc) is 2.48. The Balaban J connectivity index is 3.31. The topological polar surface area (TPSA) is 118 Å². The van der Waals surface area contributed by atoms with Crippen LogP contribution in [0.25, 0.3) is 0 Å². The molecule has 9 heteroatoms. The van der Waals surface area contributed by atoms with Crippen LogP contribution >= 0.6 is 0 Å². The van der Waals surface area contributed by atoms with Crippen LogP contribution in [0.2, 0.25) is 0 Å². The van der Waals surface area contributed by atoms with Crippen LogP contribution in [0.4, 0.5) is 5.69 Å². The van der Waals surface area contributed by atoms with E-state index in [2.05, 4.69) is 4.98 Å². The van der Waals surface area contributed by atoms with Crippen LogP contribution in [0.15, 0.2) is 12.3 Å². The van der Waals surface area contributed by atoms with Gasteiger partial charge in [0.05, 0.1) is 31.3 Å². The largest absolute Gasteiger partial charge is 0.495 e. The molecule has 0 spiro atoms. The molecule has 0 aliphatic carbocycles. The molecule has 0 aromatic carbocycles. The molecule has 0 amide bonds. The van der Waals surface area contributed by atoms with Gasteiger partial charge in [-0.05, 0) is 13.8 Å². The summed E-state index contributed by atoms with van der Waals surface area (Å²) in [6, 6.07) is 1.08. The highest BCUT2D eigenvalue weighted by molar-refractivity contribution is 6.01. The summed E-state index contributed by atoms with van der Waals surface area (Å²) >= 11 is 0. The maximum atomic E-state index is 12.0. The molecule has 0 aliphatic heterocycles. The van der Waals surface area contributed by atoms with Gasteiger partial charge in [0.25, 0.3) is 5.69 Å². The van der Waals surface area contributed by atoms with Crippen LogP contribution in [-0.4, -0.2) is 42.2 Å². The van der Waals surface area contributed by atoms with E-state index in [1.807, 2.05) is 0 Å². The third-order valence-corrected chi connectivity index (χ3v) is 2.62. The molecule has 0 N–H and O–H groups in total. The van der Waals surface area contributed by atoms with Crippen LogP contribution < -0.4 is 4.74 Å². The van der Waals surface area contributed by atoms with E-state index in [0.29, 0.717) is 0 Å². The smallest absolute Gasteiger partial charge is 0.326 e. The number of ether oxygens (including phenoxy) is 3. The molecule has 0 fully saturated rings. The van der Waals surface area contributed by atoms with E-state index in [1.54, 1.807) is 13.8 Å². The zero-order valence-electron chi connectivity index (χ0n) is 12.4. The number of methoxy groups -OCH3 is 1. The van der Waals surface area contributed by atoms with E-state index >= 15 is 0 Å². The number of rotatable bonds is 7. The molecule has 9 nitrogen and oxygen atoms in total. The van der Waals surface area contributed by atoms with E-state index in [4.69, 9.17) is 14.2 Å². The Morgan fingerprint density at radius 1 is 1.27 bits per heavy atom. The van der Waals surface area contributed by atoms with Gasteiger partial charge in [0.1, 0.15) is 17.6 Å². The zero-order valence-corrected chi connectivity index (χ0v) is 12.4. The zero-order chi connectivity index (χ0) is 16.7. The lowest BCUT2D eigenvalue weighted by Crippen LogP contribution is -2.27. The quantitative estimate of drug-likeness (QED) is 0.319. The highest BCUT2D eigenvalue weighted by Crippen LogP contribution is 2.30. The minimum atomic E-state index is -1.46. The fourth-order valence-corrected chi connectivity index (χ4v) is 1.70. The first-order chi connectivity index (χ1) is 10.5. The van der Waals surface area contributed by atoms with E-state index < -0.39 is 22.8 Å². The summed E-state index contributed by atoms with van der Waals surface area (Å²) in [6.45, 7) is 3.29. The normalized spacial score (nSPS) is 10.2. The van der Waals surface area contributed by atoms with Gasteiger partial charge in [-0.3, -0.25) is 19.7 Å². The Morgan fingerprint density at radius 2 is 1.82 bits per heavy atom. The average molecular weight is 312 g/mol. The van der Waals surface area contributed by atoms with Gasteiger partial charge in [-0.1, -0.05) is 0 Å². The van der Waals surface area contributed by atoms with Crippen LogP contribution in [0.1, 0.15) is 25.5 Å². The van der Waals surface area contributed by atoms with Crippen molar-refractivity contribution in [3.05, 3.63) is 28.1 Å². The Bertz CT molecular complexity index is 556. The maximum Gasteiger partial charge on any atom is 0.326 e. The van der Waals surface area contributed by atoms with Crippen molar-refractivity contribution in [1.29, 1.82) is 0 Å². The summed E-state index contributed by atoms with van der Waals surface area (Å²) in [4.78, 5) is 37.9. The minimum absolute atomic E-state index is 0.0596. The van der Waals surface area contributed by atoms with Gasteiger partial charge in [-0.15, -0.1) is 0 Å². The molecular weight excluding hydrogens is 296 g/mol. The summed E-state index contributed by atoms with van der Waals surface area (Å²) in [7, 11) is 1.25. The van der Waals surface area contributed by atoms with Crippen molar-refractivity contribution in [2.24, 2.45) is 0 Å². The van der Waals surface area contributed by atoms with E-state index in [1.165, 1.54) is 7.11 Å². The monoisotopic (exact) mass is 312 g/mol. The van der Waals surface area contributed by atoms with E-state index in [9.17, 15) is 19.7 Å². The molecule has 0 bridgehead atoms. The van der Waals surface area contributed by atoms with Gasteiger partial charge in [-0.25, -0.2) is 4.98 Å². The van der Waals surface area contributed by atoms with Gasteiger partial charge in [0, 0.05) is 0 Å². The molecule has 0 saturated heterocycles. The summed E-state index contributed by atoms with van der Waals surface area (Å²) in [5, 5.41) is 10.7. The fraction of sp³-hybridized carbons (Fsp3) is 0.462. The number of esters is 2. The third kappa shape index (κ3) is 3.90. The molecule has 0 unspecified atom stereocenters. The lowest BCUT2D eigenvalue weighted by atomic mass is 10.0. The first kappa shape index (κ1) is 17.3. The van der Waals surface area contributed by atoms with Gasteiger partial charge >= 0.3 is 11.9 Å². The molecule has 0 aliphatic rings.